The standard InChI is InChI=1S/C17H17F3O/c1-12-6-4-5-7-15(12)13-8-10-14(11-9-13)16(2,3)21-17(18,19)20/h4-11H,1-3H3. The Bertz CT molecular complexity index is 613. The van der Waals surface area contributed by atoms with Gasteiger partial charge in [0, 0.05) is 0 Å². The molecular weight excluding hydrogens is 277 g/mol. The van der Waals surface area contributed by atoms with Crippen molar-refractivity contribution in [2.45, 2.75) is 32.7 Å². The van der Waals surface area contributed by atoms with E-state index < -0.39 is 12.0 Å². The van der Waals surface area contributed by atoms with E-state index in [1.54, 1.807) is 12.1 Å². The van der Waals surface area contributed by atoms with Crippen LogP contribution in [0.4, 0.5) is 13.2 Å². The van der Waals surface area contributed by atoms with Crippen LogP contribution in [-0.2, 0) is 10.3 Å². The number of rotatable bonds is 3. The van der Waals surface area contributed by atoms with Gasteiger partial charge in [-0.15, -0.1) is 13.2 Å². The molecule has 0 aliphatic heterocycles. The maximum Gasteiger partial charge on any atom is 0.523 e. The molecule has 0 bridgehead atoms. The minimum atomic E-state index is -4.65. The van der Waals surface area contributed by atoms with Crippen LogP contribution >= 0.6 is 0 Å². The number of hydrogen-bond donors (Lipinski definition) is 0. The fourth-order valence-corrected chi connectivity index (χ4v) is 2.30. The second-order valence-corrected chi connectivity index (χ2v) is 5.45. The molecule has 0 spiro atoms. The van der Waals surface area contributed by atoms with E-state index in [0.29, 0.717) is 5.56 Å². The first-order valence-electron chi connectivity index (χ1n) is 6.62. The number of aryl methyl sites for hydroxylation is 1. The highest BCUT2D eigenvalue weighted by Crippen LogP contribution is 2.34. The number of halogens is 3. The summed E-state index contributed by atoms with van der Waals surface area (Å²) in [7, 11) is 0. The van der Waals surface area contributed by atoms with Crippen molar-refractivity contribution in [3.05, 3.63) is 59.7 Å². The highest BCUT2D eigenvalue weighted by atomic mass is 19.4. The van der Waals surface area contributed by atoms with E-state index in [1.807, 2.05) is 43.3 Å². The Morgan fingerprint density at radius 1 is 0.857 bits per heavy atom. The lowest BCUT2D eigenvalue weighted by molar-refractivity contribution is -0.364. The molecular formula is C17H17F3O. The molecule has 4 heteroatoms. The summed E-state index contributed by atoms with van der Waals surface area (Å²) in [5.41, 5.74) is 2.23. The van der Waals surface area contributed by atoms with Crippen molar-refractivity contribution in [3.8, 4) is 11.1 Å². The summed E-state index contributed by atoms with van der Waals surface area (Å²) in [4.78, 5) is 0. The molecule has 0 heterocycles. The van der Waals surface area contributed by atoms with E-state index in [0.717, 1.165) is 16.7 Å². The Balaban J connectivity index is 2.29. The van der Waals surface area contributed by atoms with Gasteiger partial charge in [-0.2, -0.15) is 0 Å². The van der Waals surface area contributed by atoms with Crippen molar-refractivity contribution < 1.29 is 17.9 Å². The van der Waals surface area contributed by atoms with Crippen molar-refractivity contribution in [2.75, 3.05) is 0 Å². The van der Waals surface area contributed by atoms with Crippen molar-refractivity contribution in [3.63, 3.8) is 0 Å². The van der Waals surface area contributed by atoms with Gasteiger partial charge in [0.1, 0.15) is 0 Å². The second kappa shape index (κ2) is 5.53. The number of alkyl halides is 3. The lowest BCUT2D eigenvalue weighted by atomic mass is 9.94. The number of benzene rings is 2. The Labute approximate surface area is 122 Å². The van der Waals surface area contributed by atoms with Crippen LogP contribution in [-0.4, -0.2) is 6.36 Å². The summed E-state index contributed by atoms with van der Waals surface area (Å²) < 4.78 is 41.4. The molecule has 112 valence electrons. The van der Waals surface area contributed by atoms with Crippen LogP contribution in [0.1, 0.15) is 25.0 Å². The van der Waals surface area contributed by atoms with Crippen molar-refractivity contribution in [1.29, 1.82) is 0 Å². The highest BCUT2D eigenvalue weighted by molar-refractivity contribution is 5.67. The normalized spacial score (nSPS) is 12.5. The van der Waals surface area contributed by atoms with E-state index in [-0.39, 0.29) is 0 Å². The van der Waals surface area contributed by atoms with Crippen molar-refractivity contribution >= 4 is 0 Å². The first kappa shape index (κ1) is 15.6. The third-order valence-corrected chi connectivity index (χ3v) is 3.41. The molecule has 21 heavy (non-hydrogen) atoms. The molecule has 0 radical (unpaired) electrons. The highest BCUT2D eigenvalue weighted by Gasteiger charge is 2.38. The van der Waals surface area contributed by atoms with Gasteiger partial charge in [0.05, 0.1) is 5.60 Å². The van der Waals surface area contributed by atoms with E-state index in [1.165, 1.54) is 13.8 Å². The van der Waals surface area contributed by atoms with Gasteiger partial charge in [0.15, 0.2) is 0 Å². The zero-order valence-electron chi connectivity index (χ0n) is 12.2. The second-order valence-electron chi connectivity index (χ2n) is 5.45. The van der Waals surface area contributed by atoms with Gasteiger partial charge in [-0.1, -0.05) is 48.5 Å². The third-order valence-electron chi connectivity index (χ3n) is 3.41. The summed E-state index contributed by atoms with van der Waals surface area (Å²) in [5.74, 6) is 0. The van der Waals surface area contributed by atoms with Crippen LogP contribution in [0.15, 0.2) is 48.5 Å². The third kappa shape index (κ3) is 3.85. The SMILES string of the molecule is Cc1ccccc1-c1ccc(C(C)(C)OC(F)(F)F)cc1. The largest absolute Gasteiger partial charge is 0.523 e. The summed E-state index contributed by atoms with van der Waals surface area (Å²) in [6, 6.07) is 14.9. The van der Waals surface area contributed by atoms with Gasteiger partial charge in [0.25, 0.3) is 0 Å². The fourth-order valence-electron chi connectivity index (χ4n) is 2.30. The molecule has 1 nitrogen and oxygen atoms in total. The van der Waals surface area contributed by atoms with Crippen LogP contribution < -0.4 is 0 Å². The van der Waals surface area contributed by atoms with Gasteiger partial charge in [-0.25, -0.2) is 0 Å². The van der Waals surface area contributed by atoms with Crippen LogP contribution in [0.25, 0.3) is 11.1 Å². The molecule has 0 fully saturated rings. The Morgan fingerprint density at radius 3 is 1.95 bits per heavy atom. The molecule has 0 amide bonds. The molecule has 0 N–H and O–H groups in total. The maximum absolute atomic E-state index is 12.4. The average molecular weight is 294 g/mol. The van der Waals surface area contributed by atoms with Gasteiger partial charge >= 0.3 is 6.36 Å². The molecule has 0 atom stereocenters. The molecule has 0 unspecified atom stereocenters. The summed E-state index contributed by atoms with van der Waals surface area (Å²) in [5, 5.41) is 0. The summed E-state index contributed by atoms with van der Waals surface area (Å²) in [6.45, 7) is 4.81. The minimum absolute atomic E-state index is 0.483. The first-order chi connectivity index (χ1) is 9.69. The predicted octanol–water partition coefficient (Wildman–Crippen LogP) is 5.43. The summed E-state index contributed by atoms with van der Waals surface area (Å²) in [6.07, 6.45) is -4.65. The monoisotopic (exact) mass is 294 g/mol. The zero-order valence-corrected chi connectivity index (χ0v) is 12.2. The number of hydrogen-bond acceptors (Lipinski definition) is 1. The Kier molecular flexibility index (Phi) is 4.10. The van der Waals surface area contributed by atoms with Crippen LogP contribution in [0, 0.1) is 6.92 Å². The van der Waals surface area contributed by atoms with E-state index in [4.69, 9.17) is 0 Å². The van der Waals surface area contributed by atoms with Gasteiger partial charge < -0.3 is 0 Å². The van der Waals surface area contributed by atoms with Crippen LogP contribution in [0.5, 0.6) is 0 Å². The minimum Gasteiger partial charge on any atom is -0.281 e. The lowest BCUT2D eigenvalue weighted by Gasteiger charge is -2.27. The Hall–Kier alpha value is -1.81. The predicted molar refractivity (Wildman–Crippen MR) is 76.8 cm³/mol. The molecule has 0 aliphatic carbocycles. The number of ether oxygens (including phenoxy) is 1. The van der Waals surface area contributed by atoms with Crippen molar-refractivity contribution in [2.24, 2.45) is 0 Å². The molecule has 0 saturated heterocycles. The van der Waals surface area contributed by atoms with E-state index in [9.17, 15) is 13.2 Å². The molecule has 2 aromatic carbocycles. The topological polar surface area (TPSA) is 9.23 Å². The zero-order chi connectivity index (χ0) is 15.7. The molecule has 0 aliphatic rings. The van der Waals surface area contributed by atoms with E-state index >= 15 is 0 Å². The smallest absolute Gasteiger partial charge is 0.281 e. The van der Waals surface area contributed by atoms with Crippen LogP contribution in [0.3, 0.4) is 0 Å². The molecule has 2 aromatic rings. The maximum atomic E-state index is 12.4. The van der Waals surface area contributed by atoms with Gasteiger partial charge in [0.2, 0.25) is 0 Å². The quantitative estimate of drug-likeness (QED) is 0.733. The fraction of sp³-hybridized carbons (Fsp3) is 0.294. The van der Waals surface area contributed by atoms with E-state index in [2.05, 4.69) is 4.74 Å². The van der Waals surface area contributed by atoms with Gasteiger partial charge in [-0.05, 0) is 43.0 Å². The first-order valence-corrected chi connectivity index (χ1v) is 6.62. The molecule has 2 rings (SSSR count). The molecule has 0 saturated carbocycles. The van der Waals surface area contributed by atoms with Crippen molar-refractivity contribution in [1.82, 2.24) is 0 Å². The van der Waals surface area contributed by atoms with Crippen LogP contribution in [0.2, 0.25) is 0 Å². The summed E-state index contributed by atoms with van der Waals surface area (Å²) >= 11 is 0. The lowest BCUT2D eigenvalue weighted by Crippen LogP contribution is -2.30. The Morgan fingerprint density at radius 2 is 1.43 bits per heavy atom. The molecule has 0 aromatic heterocycles. The van der Waals surface area contributed by atoms with Gasteiger partial charge in [-0.3, -0.25) is 4.74 Å². The average Bonchev–Trinajstić information content (AvgIpc) is 2.37.